The fourth-order valence-electron chi connectivity index (χ4n) is 2.57. The highest BCUT2D eigenvalue weighted by atomic mass is 16.5. The van der Waals surface area contributed by atoms with Gasteiger partial charge in [0.2, 0.25) is 11.8 Å². The summed E-state index contributed by atoms with van der Waals surface area (Å²) in [5.41, 5.74) is 2.18. The molecule has 0 radical (unpaired) electrons. The number of fused-ring (bicyclic) bond motifs is 1. The number of nitrogens with one attached hydrogen (secondary N) is 2. The summed E-state index contributed by atoms with van der Waals surface area (Å²) in [4.78, 5) is 23.9. The monoisotopic (exact) mass is 275 g/mol. The molecule has 3 rings (SSSR count). The molecule has 7 nitrogen and oxygen atoms in total. The number of nitrogens with zero attached hydrogens (tertiary/aromatic N) is 3. The van der Waals surface area contributed by atoms with E-state index in [2.05, 4.69) is 25.4 Å². The second-order valence-corrected chi connectivity index (χ2v) is 5.14. The second kappa shape index (κ2) is 5.07. The quantitative estimate of drug-likeness (QED) is 0.864. The lowest BCUT2D eigenvalue weighted by atomic mass is 9.89. The largest absolute Gasteiger partial charge is 0.347 e. The van der Waals surface area contributed by atoms with E-state index in [9.17, 15) is 4.79 Å². The molecule has 0 aromatic carbocycles. The molecule has 0 aliphatic heterocycles. The van der Waals surface area contributed by atoms with Crippen molar-refractivity contribution in [3.63, 3.8) is 0 Å². The standard InChI is InChI=1S/C13H17N5O2/c1-7-15-10-4-3-9(5-11(10)16-7)13(19)14-6-12-17-8(2)18-20-12/h9H,3-6H2,1-2H3,(H,14,19)(H,15,16)/t9-/m1/s1. The number of amides is 1. The van der Waals surface area contributed by atoms with E-state index < -0.39 is 0 Å². The van der Waals surface area contributed by atoms with Crippen LogP contribution in [0.5, 0.6) is 0 Å². The molecule has 0 spiro atoms. The van der Waals surface area contributed by atoms with Gasteiger partial charge in [0.25, 0.3) is 0 Å². The number of hydrogen-bond donors (Lipinski definition) is 2. The van der Waals surface area contributed by atoms with Crippen LogP contribution in [-0.4, -0.2) is 26.0 Å². The van der Waals surface area contributed by atoms with Gasteiger partial charge in [-0.1, -0.05) is 5.16 Å². The molecule has 2 aromatic heterocycles. The van der Waals surface area contributed by atoms with Gasteiger partial charge in [0.15, 0.2) is 5.82 Å². The van der Waals surface area contributed by atoms with E-state index in [0.717, 1.165) is 30.1 Å². The van der Waals surface area contributed by atoms with Gasteiger partial charge in [0, 0.05) is 18.0 Å². The van der Waals surface area contributed by atoms with Crippen molar-refractivity contribution < 1.29 is 9.32 Å². The minimum Gasteiger partial charge on any atom is -0.347 e. The molecular weight excluding hydrogens is 258 g/mol. The SMILES string of the molecule is Cc1noc(CNC(=O)[C@@H]2CCc3nc(C)[nH]c3C2)n1. The van der Waals surface area contributed by atoms with Crippen molar-refractivity contribution in [1.29, 1.82) is 0 Å². The summed E-state index contributed by atoms with van der Waals surface area (Å²) in [6.07, 6.45) is 2.38. The maximum Gasteiger partial charge on any atom is 0.246 e. The van der Waals surface area contributed by atoms with Crippen molar-refractivity contribution in [2.45, 2.75) is 39.7 Å². The van der Waals surface area contributed by atoms with Gasteiger partial charge in [0.1, 0.15) is 5.82 Å². The summed E-state index contributed by atoms with van der Waals surface area (Å²) < 4.78 is 4.97. The van der Waals surface area contributed by atoms with Gasteiger partial charge in [-0.05, 0) is 26.7 Å². The van der Waals surface area contributed by atoms with Crippen LogP contribution in [0.1, 0.15) is 35.3 Å². The van der Waals surface area contributed by atoms with Crippen molar-refractivity contribution in [2.75, 3.05) is 0 Å². The van der Waals surface area contributed by atoms with Crippen LogP contribution in [0, 0.1) is 19.8 Å². The number of rotatable bonds is 3. The molecule has 7 heteroatoms. The smallest absolute Gasteiger partial charge is 0.246 e. The first-order valence-corrected chi connectivity index (χ1v) is 6.73. The van der Waals surface area contributed by atoms with Gasteiger partial charge in [-0.25, -0.2) is 4.98 Å². The molecule has 0 fully saturated rings. The Kier molecular flexibility index (Phi) is 3.25. The van der Waals surface area contributed by atoms with E-state index in [0.29, 0.717) is 18.1 Å². The number of hydrogen-bond acceptors (Lipinski definition) is 5. The molecule has 20 heavy (non-hydrogen) atoms. The first kappa shape index (κ1) is 12.8. The molecule has 1 atom stereocenters. The van der Waals surface area contributed by atoms with E-state index in [1.807, 2.05) is 6.92 Å². The molecule has 1 aliphatic rings. The third-order valence-corrected chi connectivity index (χ3v) is 3.52. The normalized spacial score (nSPS) is 17.8. The lowest BCUT2D eigenvalue weighted by molar-refractivity contribution is -0.125. The maximum atomic E-state index is 12.2. The Bertz CT molecular complexity index is 630. The molecule has 1 amide bonds. The highest BCUT2D eigenvalue weighted by molar-refractivity contribution is 5.79. The first-order valence-electron chi connectivity index (χ1n) is 6.73. The van der Waals surface area contributed by atoms with Gasteiger partial charge >= 0.3 is 0 Å². The second-order valence-electron chi connectivity index (χ2n) is 5.14. The van der Waals surface area contributed by atoms with Crippen LogP contribution in [-0.2, 0) is 24.2 Å². The predicted octanol–water partition coefficient (Wildman–Crippen LogP) is 0.831. The average Bonchev–Trinajstić information content (AvgIpc) is 2.99. The molecule has 0 bridgehead atoms. The molecule has 0 saturated heterocycles. The number of aryl methyl sites for hydroxylation is 3. The Morgan fingerprint density at radius 2 is 2.30 bits per heavy atom. The molecular formula is C13H17N5O2. The van der Waals surface area contributed by atoms with Crippen LogP contribution in [0.2, 0.25) is 0 Å². The number of aromatic amines is 1. The van der Waals surface area contributed by atoms with Gasteiger partial charge < -0.3 is 14.8 Å². The van der Waals surface area contributed by atoms with Crippen molar-refractivity contribution in [2.24, 2.45) is 5.92 Å². The van der Waals surface area contributed by atoms with Crippen LogP contribution >= 0.6 is 0 Å². The summed E-state index contributed by atoms with van der Waals surface area (Å²) in [5.74, 6) is 1.93. The Morgan fingerprint density at radius 1 is 1.45 bits per heavy atom. The van der Waals surface area contributed by atoms with Gasteiger partial charge in [0.05, 0.1) is 12.2 Å². The van der Waals surface area contributed by atoms with Crippen molar-refractivity contribution >= 4 is 5.91 Å². The average molecular weight is 275 g/mol. The number of H-pyrrole nitrogens is 1. The zero-order valence-electron chi connectivity index (χ0n) is 11.6. The fraction of sp³-hybridized carbons (Fsp3) is 0.538. The van der Waals surface area contributed by atoms with Crippen molar-refractivity contribution in [3.05, 3.63) is 28.9 Å². The summed E-state index contributed by atoms with van der Waals surface area (Å²) in [6, 6.07) is 0. The summed E-state index contributed by atoms with van der Waals surface area (Å²) >= 11 is 0. The Hall–Kier alpha value is -2.18. The maximum absolute atomic E-state index is 12.2. The molecule has 1 aliphatic carbocycles. The summed E-state index contributed by atoms with van der Waals surface area (Å²) in [7, 11) is 0. The lowest BCUT2D eigenvalue weighted by Crippen LogP contribution is -2.33. The third kappa shape index (κ3) is 2.56. The zero-order chi connectivity index (χ0) is 14.1. The Labute approximate surface area is 116 Å². The topological polar surface area (TPSA) is 96.7 Å². The van der Waals surface area contributed by atoms with E-state index >= 15 is 0 Å². The van der Waals surface area contributed by atoms with Crippen LogP contribution in [0.25, 0.3) is 0 Å². The number of carbonyl (C=O) groups is 1. The van der Waals surface area contributed by atoms with Crippen molar-refractivity contribution in [3.8, 4) is 0 Å². The van der Waals surface area contributed by atoms with Gasteiger partial charge in [-0.3, -0.25) is 4.79 Å². The Morgan fingerprint density at radius 3 is 3.05 bits per heavy atom. The van der Waals surface area contributed by atoms with Crippen LogP contribution in [0.15, 0.2) is 4.52 Å². The highest BCUT2D eigenvalue weighted by Gasteiger charge is 2.26. The molecule has 2 N–H and O–H groups in total. The van der Waals surface area contributed by atoms with Crippen LogP contribution < -0.4 is 5.32 Å². The van der Waals surface area contributed by atoms with Crippen LogP contribution in [0.3, 0.4) is 0 Å². The summed E-state index contributed by atoms with van der Waals surface area (Å²) in [6.45, 7) is 3.97. The predicted molar refractivity (Wildman–Crippen MR) is 69.7 cm³/mol. The number of aromatic nitrogens is 4. The lowest BCUT2D eigenvalue weighted by Gasteiger charge is -2.20. The Balaban J connectivity index is 1.58. The highest BCUT2D eigenvalue weighted by Crippen LogP contribution is 2.23. The third-order valence-electron chi connectivity index (χ3n) is 3.52. The van der Waals surface area contributed by atoms with Crippen molar-refractivity contribution in [1.82, 2.24) is 25.4 Å². The van der Waals surface area contributed by atoms with E-state index in [1.54, 1.807) is 6.92 Å². The molecule has 0 unspecified atom stereocenters. The minimum absolute atomic E-state index is 0.0219. The van der Waals surface area contributed by atoms with Gasteiger partial charge in [-0.15, -0.1) is 0 Å². The summed E-state index contributed by atoms with van der Waals surface area (Å²) in [5, 5.41) is 6.54. The first-order chi connectivity index (χ1) is 9.61. The molecule has 2 aromatic rings. The molecule has 106 valence electrons. The minimum atomic E-state index is -0.0219. The molecule has 0 saturated carbocycles. The van der Waals surface area contributed by atoms with Crippen LogP contribution in [0.4, 0.5) is 0 Å². The van der Waals surface area contributed by atoms with E-state index in [1.165, 1.54) is 0 Å². The number of carbonyl (C=O) groups excluding carboxylic acids is 1. The van der Waals surface area contributed by atoms with Gasteiger partial charge in [-0.2, -0.15) is 4.98 Å². The number of imidazole rings is 1. The molecule has 2 heterocycles. The zero-order valence-corrected chi connectivity index (χ0v) is 11.6. The van der Waals surface area contributed by atoms with E-state index in [4.69, 9.17) is 4.52 Å². The fourth-order valence-corrected chi connectivity index (χ4v) is 2.57. The van der Waals surface area contributed by atoms with E-state index in [-0.39, 0.29) is 18.4 Å².